The van der Waals surface area contributed by atoms with Gasteiger partial charge in [0.1, 0.15) is 4.90 Å². The van der Waals surface area contributed by atoms with Crippen molar-refractivity contribution in [2.75, 3.05) is 0 Å². The molecule has 1 aliphatic rings. The molecule has 0 fully saturated rings. The Morgan fingerprint density at radius 2 is 1.78 bits per heavy atom. The van der Waals surface area contributed by atoms with Crippen LogP contribution >= 0.6 is 0 Å². The molecule has 0 aromatic heterocycles. The molecule has 94 valence electrons. The Hall–Kier alpha value is -2.56. The predicted molar refractivity (Wildman–Crippen MR) is 53.4 cm³/mol. The van der Waals surface area contributed by atoms with E-state index in [0.717, 1.165) is 12.1 Å². The van der Waals surface area contributed by atoms with Gasteiger partial charge in [-0.15, -0.1) is 0 Å². The lowest BCUT2D eigenvalue weighted by molar-refractivity contribution is -0.597. The second kappa shape index (κ2) is 3.46. The lowest BCUT2D eigenvalue weighted by Gasteiger charge is -2.01. The summed E-state index contributed by atoms with van der Waals surface area (Å²) < 4.78 is 22.7. The van der Waals surface area contributed by atoms with Gasteiger partial charge in [0.05, 0.1) is 14.9 Å². The lowest BCUT2D eigenvalue weighted by Crippen LogP contribution is -2.35. The third-order valence-electron chi connectivity index (χ3n) is 2.23. The molecule has 0 bridgehead atoms. The Morgan fingerprint density at radius 1 is 1.17 bits per heavy atom. The monoisotopic (exact) mass is 273 g/mol. The zero-order valence-corrected chi connectivity index (χ0v) is 9.16. The van der Waals surface area contributed by atoms with Gasteiger partial charge in [-0.3, -0.25) is 14.9 Å². The van der Waals surface area contributed by atoms with Gasteiger partial charge < -0.3 is 0 Å². The van der Waals surface area contributed by atoms with Crippen LogP contribution < -0.4 is 0 Å². The smallest absolute Gasteiger partial charge is 0.261 e. The third kappa shape index (κ3) is 1.41. The second-order valence-corrected chi connectivity index (χ2v) is 4.96. The Labute approximate surface area is 98.7 Å². The predicted octanol–water partition coefficient (Wildman–Crippen LogP) is -0.0690. The number of hydrazine groups is 1. The fraction of sp³-hybridized carbons (Fsp3) is 0. The number of benzene rings is 1. The van der Waals surface area contributed by atoms with Crippen molar-refractivity contribution in [3.63, 3.8) is 0 Å². The van der Waals surface area contributed by atoms with Crippen molar-refractivity contribution >= 4 is 21.6 Å². The fourth-order valence-electron chi connectivity index (χ4n) is 1.49. The summed E-state index contributed by atoms with van der Waals surface area (Å²) in [4.78, 5) is 31.1. The van der Waals surface area contributed by atoms with Crippen LogP contribution in [0.25, 0.3) is 0 Å². The first-order chi connectivity index (χ1) is 8.26. The minimum Gasteiger partial charge on any atom is -0.261 e. The first-order valence-corrected chi connectivity index (χ1v) is 5.73. The minimum atomic E-state index is -4.58. The van der Waals surface area contributed by atoms with Crippen molar-refractivity contribution in [2.45, 2.75) is 4.90 Å². The van der Waals surface area contributed by atoms with Crippen molar-refractivity contribution in [3.8, 4) is 0 Å². The van der Waals surface area contributed by atoms with Crippen molar-refractivity contribution in [2.24, 2.45) is 0 Å². The van der Waals surface area contributed by atoms with Gasteiger partial charge in [-0.2, -0.15) is 8.42 Å². The maximum Gasteiger partial charge on any atom is 0.334 e. The van der Waals surface area contributed by atoms with Crippen molar-refractivity contribution < 1.29 is 23.2 Å². The number of nitrogens with zero attached hydrogens (tertiary/aromatic N) is 3. The molecule has 0 N–H and O–H groups in total. The van der Waals surface area contributed by atoms with E-state index >= 15 is 0 Å². The molecule has 0 saturated carbocycles. The van der Waals surface area contributed by atoms with Crippen LogP contribution in [0.3, 0.4) is 0 Å². The summed E-state index contributed by atoms with van der Waals surface area (Å²) in [7, 11) is -4.58. The van der Waals surface area contributed by atoms with Crippen LogP contribution in [0.5, 0.6) is 0 Å². The van der Waals surface area contributed by atoms with E-state index in [0.29, 0.717) is 6.07 Å². The highest BCUT2D eigenvalue weighted by atomic mass is 32.2. The van der Waals surface area contributed by atoms with E-state index in [4.69, 9.17) is 0 Å². The van der Waals surface area contributed by atoms with E-state index in [9.17, 15) is 33.4 Å². The Kier molecular flexibility index (Phi) is 2.29. The number of non-ortho nitro benzene ring substituents is 1. The van der Waals surface area contributed by atoms with Crippen molar-refractivity contribution in [1.82, 2.24) is 4.41 Å². The summed E-state index contributed by atoms with van der Waals surface area (Å²) in [5.41, 5.74) is -1.11. The number of carbonyl (C=O) groups excluding carboxylic acids is 1. The molecule has 0 spiro atoms. The van der Waals surface area contributed by atoms with Crippen LogP contribution in [0, 0.1) is 20.2 Å². The van der Waals surface area contributed by atoms with Crippen LogP contribution in [0.1, 0.15) is 10.4 Å². The maximum atomic E-state index is 11.6. The zero-order chi connectivity index (χ0) is 13.7. The molecule has 11 heteroatoms. The summed E-state index contributed by atoms with van der Waals surface area (Å²) in [6.07, 6.45) is 0. The summed E-state index contributed by atoms with van der Waals surface area (Å²) in [6, 6.07) is 2.34. The van der Waals surface area contributed by atoms with Crippen LogP contribution in [-0.4, -0.2) is 28.7 Å². The molecule has 18 heavy (non-hydrogen) atoms. The summed E-state index contributed by atoms with van der Waals surface area (Å²) in [6.45, 7) is 0. The molecule has 1 aromatic carbocycles. The lowest BCUT2D eigenvalue weighted by atomic mass is 10.2. The minimum absolute atomic E-state index is 0.525. The number of hydrogen-bond donors (Lipinski definition) is 0. The van der Waals surface area contributed by atoms with Crippen LogP contribution in [0.2, 0.25) is 0 Å². The third-order valence-corrected chi connectivity index (χ3v) is 3.90. The number of amides is 1. The van der Waals surface area contributed by atoms with Crippen LogP contribution in [0.4, 0.5) is 5.69 Å². The standard InChI is InChI=1S/C7H3N3O7S/c11-7-5-3-4(9(12)13)1-2-6(5)18(16,17)8(7)10(14)15/h1-3H. The maximum absolute atomic E-state index is 11.6. The van der Waals surface area contributed by atoms with Crippen LogP contribution in [0.15, 0.2) is 23.1 Å². The summed E-state index contributed by atoms with van der Waals surface area (Å²) >= 11 is 0. The summed E-state index contributed by atoms with van der Waals surface area (Å²) in [5, 5.41) is 19.6. The molecule has 1 heterocycles. The topological polar surface area (TPSA) is 141 Å². The molecule has 1 amide bonds. The summed E-state index contributed by atoms with van der Waals surface area (Å²) in [5.74, 6) is -1.42. The Balaban J connectivity index is 2.72. The van der Waals surface area contributed by atoms with E-state index in [1.807, 2.05) is 0 Å². The SMILES string of the molecule is O=C1c2cc([N+](=O)[O-])ccc2S(=O)(=O)N1[N+](=O)[O-]. The van der Waals surface area contributed by atoms with Gasteiger partial charge in [0, 0.05) is 12.1 Å². The Morgan fingerprint density at radius 3 is 2.28 bits per heavy atom. The van der Waals surface area contributed by atoms with Crippen LogP contribution in [-0.2, 0) is 10.0 Å². The molecule has 0 aliphatic carbocycles. The van der Waals surface area contributed by atoms with Gasteiger partial charge in [0.25, 0.3) is 5.69 Å². The van der Waals surface area contributed by atoms with E-state index < -0.39 is 46.4 Å². The number of fused-ring (bicyclic) bond motifs is 1. The number of rotatable bonds is 2. The molecule has 10 nitrogen and oxygen atoms in total. The number of sulfonamides is 1. The van der Waals surface area contributed by atoms with Gasteiger partial charge in [-0.1, -0.05) is 0 Å². The Bertz CT molecular complexity index is 695. The highest BCUT2D eigenvalue weighted by Crippen LogP contribution is 2.32. The highest BCUT2D eigenvalue weighted by Gasteiger charge is 2.50. The highest BCUT2D eigenvalue weighted by molar-refractivity contribution is 7.90. The number of carbonyl (C=O) groups is 1. The molecule has 0 radical (unpaired) electrons. The number of hydrogen-bond acceptors (Lipinski definition) is 7. The van der Waals surface area contributed by atoms with E-state index in [1.165, 1.54) is 0 Å². The zero-order valence-electron chi connectivity index (χ0n) is 8.34. The van der Waals surface area contributed by atoms with Gasteiger partial charge in [-0.25, -0.2) is 10.1 Å². The molecule has 0 saturated heterocycles. The first kappa shape index (κ1) is 11.9. The molecule has 1 aromatic rings. The largest absolute Gasteiger partial charge is 0.334 e. The molecular weight excluding hydrogens is 270 g/mol. The van der Waals surface area contributed by atoms with E-state index in [1.54, 1.807) is 0 Å². The number of nitro groups is 2. The van der Waals surface area contributed by atoms with Gasteiger partial charge in [0.15, 0.2) is 5.03 Å². The normalized spacial score (nSPS) is 16.4. The number of nitro benzene ring substituents is 1. The van der Waals surface area contributed by atoms with Crippen molar-refractivity contribution in [1.29, 1.82) is 0 Å². The average molecular weight is 273 g/mol. The molecule has 0 atom stereocenters. The molecule has 0 unspecified atom stereocenters. The molecular formula is C7H3N3O7S. The van der Waals surface area contributed by atoms with Gasteiger partial charge >= 0.3 is 15.9 Å². The average Bonchev–Trinajstić information content (AvgIpc) is 2.46. The quantitative estimate of drug-likeness (QED) is 0.542. The van der Waals surface area contributed by atoms with E-state index in [-0.39, 0.29) is 0 Å². The molecule has 1 aliphatic heterocycles. The fourth-order valence-corrected chi connectivity index (χ4v) is 2.83. The van der Waals surface area contributed by atoms with Crippen molar-refractivity contribution in [3.05, 3.63) is 44.0 Å². The van der Waals surface area contributed by atoms with Gasteiger partial charge in [0.2, 0.25) is 0 Å². The van der Waals surface area contributed by atoms with E-state index in [2.05, 4.69) is 0 Å². The second-order valence-electron chi connectivity index (χ2n) is 3.23. The van der Waals surface area contributed by atoms with Gasteiger partial charge in [-0.05, 0) is 6.07 Å². The first-order valence-electron chi connectivity index (χ1n) is 4.29. The molecule has 2 rings (SSSR count).